The molecule has 0 aliphatic heterocycles. The third-order valence-corrected chi connectivity index (χ3v) is 4.93. The normalized spacial score (nSPS) is 18.8. The lowest BCUT2D eigenvalue weighted by molar-refractivity contribution is 0.335. The molecule has 2 N–H and O–H groups in total. The van der Waals surface area contributed by atoms with Crippen LogP contribution < -0.4 is 5.73 Å². The highest BCUT2D eigenvalue weighted by Gasteiger charge is 2.43. The molecule has 0 spiro atoms. The van der Waals surface area contributed by atoms with Crippen molar-refractivity contribution in [3.05, 3.63) is 54.1 Å². The van der Waals surface area contributed by atoms with Gasteiger partial charge in [-0.25, -0.2) is 4.98 Å². The molecule has 1 atom stereocenters. The van der Waals surface area contributed by atoms with Crippen LogP contribution in [-0.2, 0) is 12.0 Å². The number of imidazole rings is 1. The molecule has 3 nitrogen and oxygen atoms in total. The number of rotatable bonds is 5. The predicted molar refractivity (Wildman–Crippen MR) is 86.0 cm³/mol. The minimum atomic E-state index is -0.0241. The van der Waals surface area contributed by atoms with Crippen molar-refractivity contribution in [2.45, 2.75) is 57.0 Å². The van der Waals surface area contributed by atoms with Gasteiger partial charge >= 0.3 is 0 Å². The second-order valence-electron chi connectivity index (χ2n) is 6.19. The van der Waals surface area contributed by atoms with Gasteiger partial charge in [-0.15, -0.1) is 0 Å². The van der Waals surface area contributed by atoms with Crippen molar-refractivity contribution in [1.82, 2.24) is 9.55 Å². The molecule has 0 amide bonds. The van der Waals surface area contributed by atoms with Crippen LogP contribution in [0.3, 0.4) is 0 Å². The molecule has 1 aliphatic rings. The summed E-state index contributed by atoms with van der Waals surface area (Å²) in [4.78, 5) is 4.59. The van der Waals surface area contributed by atoms with Crippen LogP contribution in [0.4, 0.5) is 0 Å². The molecule has 3 heteroatoms. The van der Waals surface area contributed by atoms with E-state index >= 15 is 0 Å². The first-order chi connectivity index (χ1) is 10.3. The van der Waals surface area contributed by atoms with Crippen LogP contribution in [0.15, 0.2) is 42.7 Å². The first-order valence-electron chi connectivity index (χ1n) is 8.10. The van der Waals surface area contributed by atoms with E-state index < -0.39 is 0 Å². The first-order valence-corrected chi connectivity index (χ1v) is 8.10. The van der Waals surface area contributed by atoms with E-state index in [1.165, 1.54) is 18.4 Å². The van der Waals surface area contributed by atoms with Crippen LogP contribution in [0.5, 0.6) is 0 Å². The summed E-state index contributed by atoms with van der Waals surface area (Å²) in [5, 5.41) is 0. The van der Waals surface area contributed by atoms with E-state index in [2.05, 4.69) is 53.0 Å². The molecule has 0 radical (unpaired) electrons. The smallest absolute Gasteiger partial charge is 0.126 e. The predicted octanol–water partition coefficient (Wildman–Crippen LogP) is 3.80. The van der Waals surface area contributed by atoms with Crippen molar-refractivity contribution in [2.24, 2.45) is 5.73 Å². The van der Waals surface area contributed by atoms with Crippen LogP contribution in [0.25, 0.3) is 0 Å². The summed E-state index contributed by atoms with van der Waals surface area (Å²) in [5.41, 5.74) is 8.19. The number of aromatic nitrogens is 2. The monoisotopic (exact) mass is 283 g/mol. The van der Waals surface area contributed by atoms with Gasteiger partial charge in [0.15, 0.2) is 0 Å². The Labute approximate surface area is 127 Å². The standard InChI is InChI=1S/C18H25N3/c1-2-13-21-14-12-20-17(21)16(19)18(10-6-7-11-18)15-8-4-3-5-9-15/h3-5,8-9,12,14,16H,2,6-7,10-11,13,19H2,1H3. The molecule has 0 bridgehead atoms. The lowest BCUT2D eigenvalue weighted by atomic mass is 9.72. The maximum absolute atomic E-state index is 6.76. The van der Waals surface area contributed by atoms with Crippen LogP contribution in [0.2, 0.25) is 0 Å². The molecule has 1 aliphatic carbocycles. The highest BCUT2D eigenvalue weighted by molar-refractivity contribution is 5.31. The highest BCUT2D eigenvalue weighted by atomic mass is 15.1. The summed E-state index contributed by atoms with van der Waals surface area (Å²) < 4.78 is 2.23. The molecule has 1 saturated carbocycles. The van der Waals surface area contributed by atoms with Crippen LogP contribution in [0, 0.1) is 0 Å². The van der Waals surface area contributed by atoms with Gasteiger partial charge in [0, 0.05) is 24.4 Å². The lowest BCUT2D eigenvalue weighted by Gasteiger charge is -2.35. The quantitative estimate of drug-likeness (QED) is 0.907. The number of aryl methyl sites for hydroxylation is 1. The lowest BCUT2D eigenvalue weighted by Crippen LogP contribution is -2.38. The van der Waals surface area contributed by atoms with Crippen LogP contribution >= 0.6 is 0 Å². The van der Waals surface area contributed by atoms with Crippen molar-refractivity contribution in [1.29, 1.82) is 0 Å². The van der Waals surface area contributed by atoms with Crippen LogP contribution in [-0.4, -0.2) is 9.55 Å². The van der Waals surface area contributed by atoms with Crippen molar-refractivity contribution in [2.75, 3.05) is 0 Å². The average Bonchev–Trinajstić information content (AvgIpc) is 3.18. The molecule has 1 fully saturated rings. The average molecular weight is 283 g/mol. The molecule has 112 valence electrons. The Morgan fingerprint density at radius 3 is 2.62 bits per heavy atom. The molecule has 1 aromatic carbocycles. The molecule has 1 unspecified atom stereocenters. The van der Waals surface area contributed by atoms with E-state index in [9.17, 15) is 0 Å². The summed E-state index contributed by atoms with van der Waals surface area (Å²) in [6.45, 7) is 3.19. The number of nitrogens with zero attached hydrogens (tertiary/aromatic N) is 2. The van der Waals surface area contributed by atoms with Crippen molar-refractivity contribution < 1.29 is 0 Å². The third-order valence-electron chi connectivity index (χ3n) is 4.93. The van der Waals surface area contributed by atoms with Crippen LogP contribution in [0.1, 0.15) is 56.5 Å². The topological polar surface area (TPSA) is 43.8 Å². The minimum Gasteiger partial charge on any atom is -0.334 e. The fourth-order valence-electron chi connectivity index (χ4n) is 3.83. The maximum Gasteiger partial charge on any atom is 0.126 e. The van der Waals surface area contributed by atoms with Gasteiger partial charge in [-0.2, -0.15) is 0 Å². The van der Waals surface area contributed by atoms with Gasteiger partial charge in [0.2, 0.25) is 0 Å². The highest BCUT2D eigenvalue weighted by Crippen LogP contribution is 2.48. The van der Waals surface area contributed by atoms with E-state index in [-0.39, 0.29) is 11.5 Å². The molecule has 3 rings (SSSR count). The maximum atomic E-state index is 6.76. The summed E-state index contributed by atoms with van der Waals surface area (Å²) in [6.07, 6.45) is 9.90. The van der Waals surface area contributed by atoms with Gasteiger partial charge < -0.3 is 10.3 Å². The zero-order chi connectivity index (χ0) is 14.7. The zero-order valence-corrected chi connectivity index (χ0v) is 12.8. The van der Waals surface area contributed by atoms with Gasteiger partial charge in [-0.3, -0.25) is 0 Å². The molecular formula is C18H25N3. The van der Waals surface area contributed by atoms with Gasteiger partial charge in [-0.05, 0) is 24.8 Å². The number of hydrogen-bond acceptors (Lipinski definition) is 2. The third kappa shape index (κ3) is 2.51. The molecule has 1 aromatic heterocycles. The fourth-order valence-corrected chi connectivity index (χ4v) is 3.83. The largest absolute Gasteiger partial charge is 0.334 e. The van der Waals surface area contributed by atoms with E-state index in [1.54, 1.807) is 0 Å². The Morgan fingerprint density at radius 1 is 1.24 bits per heavy atom. The Morgan fingerprint density at radius 2 is 1.95 bits per heavy atom. The second-order valence-corrected chi connectivity index (χ2v) is 6.19. The molecule has 21 heavy (non-hydrogen) atoms. The Bertz CT molecular complexity index is 567. The number of benzene rings is 1. The van der Waals surface area contributed by atoms with E-state index in [0.29, 0.717) is 0 Å². The Hall–Kier alpha value is -1.61. The minimum absolute atomic E-state index is 0.0241. The Kier molecular flexibility index (Phi) is 4.11. The van der Waals surface area contributed by atoms with Gasteiger partial charge in [0.25, 0.3) is 0 Å². The Balaban J connectivity index is 1.99. The van der Waals surface area contributed by atoms with E-state index in [4.69, 9.17) is 5.73 Å². The summed E-state index contributed by atoms with van der Waals surface area (Å²) in [5.74, 6) is 1.04. The SMILES string of the molecule is CCCn1ccnc1C(N)C1(c2ccccc2)CCCC1. The summed E-state index contributed by atoms with van der Waals surface area (Å²) >= 11 is 0. The van der Waals surface area contributed by atoms with Crippen molar-refractivity contribution in [3.8, 4) is 0 Å². The second kappa shape index (κ2) is 6.02. The van der Waals surface area contributed by atoms with Crippen molar-refractivity contribution in [3.63, 3.8) is 0 Å². The molecule has 0 saturated heterocycles. The fraction of sp³-hybridized carbons (Fsp3) is 0.500. The van der Waals surface area contributed by atoms with Gasteiger partial charge in [-0.1, -0.05) is 50.1 Å². The summed E-state index contributed by atoms with van der Waals surface area (Å²) in [7, 11) is 0. The molecular weight excluding hydrogens is 258 g/mol. The van der Waals surface area contributed by atoms with Crippen molar-refractivity contribution >= 4 is 0 Å². The number of hydrogen-bond donors (Lipinski definition) is 1. The first kappa shape index (κ1) is 14.3. The van der Waals surface area contributed by atoms with Gasteiger partial charge in [0.1, 0.15) is 5.82 Å². The molecule has 2 aromatic rings. The van der Waals surface area contributed by atoms with E-state index in [1.807, 2.05) is 6.20 Å². The molecule has 1 heterocycles. The number of nitrogens with two attached hydrogens (primary N) is 1. The van der Waals surface area contributed by atoms with Gasteiger partial charge in [0.05, 0.1) is 6.04 Å². The summed E-state index contributed by atoms with van der Waals surface area (Å²) in [6, 6.07) is 10.8. The van der Waals surface area contributed by atoms with E-state index in [0.717, 1.165) is 31.6 Å². The zero-order valence-electron chi connectivity index (χ0n) is 12.8.